The van der Waals surface area contributed by atoms with Gasteiger partial charge in [0.1, 0.15) is 0 Å². The van der Waals surface area contributed by atoms with Crippen LogP contribution in [0.5, 0.6) is 0 Å². The molecule has 0 spiro atoms. The standard InChI is InChI=1S/C13H27NO2S/c1-4-6-11-7-8-12(14-3)13(10-11)17(15,16)9-5-2/h11-14H,4-10H2,1-3H3. The molecule has 3 unspecified atom stereocenters. The Balaban J connectivity index is 2.76. The molecule has 0 aromatic carbocycles. The molecule has 1 saturated carbocycles. The highest BCUT2D eigenvalue weighted by Gasteiger charge is 2.37. The van der Waals surface area contributed by atoms with Gasteiger partial charge in [-0.1, -0.05) is 26.7 Å². The Hall–Kier alpha value is -0.0900. The van der Waals surface area contributed by atoms with E-state index in [9.17, 15) is 8.42 Å². The molecule has 17 heavy (non-hydrogen) atoms. The van der Waals surface area contributed by atoms with Crippen LogP contribution in [0, 0.1) is 5.92 Å². The highest BCUT2D eigenvalue weighted by atomic mass is 32.2. The minimum atomic E-state index is -2.91. The average molecular weight is 261 g/mol. The van der Waals surface area contributed by atoms with E-state index in [1.165, 1.54) is 12.8 Å². The SMILES string of the molecule is CCCC1CCC(NC)C(S(=O)(=O)CCC)C1. The highest BCUT2D eigenvalue weighted by molar-refractivity contribution is 7.92. The lowest BCUT2D eigenvalue weighted by Crippen LogP contribution is -2.47. The van der Waals surface area contributed by atoms with Crippen molar-refractivity contribution >= 4 is 9.84 Å². The molecule has 0 bridgehead atoms. The first-order valence-corrected chi connectivity index (χ1v) is 8.65. The summed E-state index contributed by atoms with van der Waals surface area (Å²) < 4.78 is 24.5. The fraction of sp³-hybridized carbons (Fsp3) is 1.00. The van der Waals surface area contributed by atoms with Crippen LogP contribution in [0.25, 0.3) is 0 Å². The van der Waals surface area contributed by atoms with Crippen LogP contribution in [-0.2, 0) is 9.84 Å². The van der Waals surface area contributed by atoms with Gasteiger partial charge < -0.3 is 5.32 Å². The van der Waals surface area contributed by atoms with E-state index in [4.69, 9.17) is 0 Å². The summed E-state index contributed by atoms with van der Waals surface area (Å²) in [6.07, 6.45) is 6.12. The molecule has 0 saturated heterocycles. The maximum Gasteiger partial charge on any atom is 0.154 e. The van der Waals surface area contributed by atoms with Crippen molar-refractivity contribution < 1.29 is 8.42 Å². The van der Waals surface area contributed by atoms with Crippen LogP contribution in [0.15, 0.2) is 0 Å². The van der Waals surface area contributed by atoms with Crippen LogP contribution < -0.4 is 5.32 Å². The molecule has 0 amide bonds. The van der Waals surface area contributed by atoms with Gasteiger partial charge >= 0.3 is 0 Å². The van der Waals surface area contributed by atoms with Crippen molar-refractivity contribution in [1.82, 2.24) is 5.32 Å². The molecule has 0 aromatic rings. The van der Waals surface area contributed by atoms with Crippen LogP contribution in [0.3, 0.4) is 0 Å². The summed E-state index contributed by atoms with van der Waals surface area (Å²) in [7, 11) is -1.02. The maximum atomic E-state index is 12.3. The summed E-state index contributed by atoms with van der Waals surface area (Å²) in [6, 6.07) is 0.166. The summed E-state index contributed by atoms with van der Waals surface area (Å²) in [4.78, 5) is 0. The van der Waals surface area contributed by atoms with Crippen molar-refractivity contribution in [2.24, 2.45) is 5.92 Å². The molecule has 0 aliphatic heterocycles. The molecular formula is C13H27NO2S. The molecule has 0 aromatic heterocycles. The van der Waals surface area contributed by atoms with Crippen LogP contribution in [0.2, 0.25) is 0 Å². The summed E-state index contributed by atoms with van der Waals surface area (Å²) >= 11 is 0. The lowest BCUT2D eigenvalue weighted by molar-refractivity contribution is 0.288. The molecule has 0 heterocycles. The van der Waals surface area contributed by atoms with Crippen molar-refractivity contribution in [2.75, 3.05) is 12.8 Å². The van der Waals surface area contributed by atoms with Gasteiger partial charge in [-0.15, -0.1) is 0 Å². The number of sulfone groups is 1. The maximum absolute atomic E-state index is 12.3. The Labute approximate surface area is 106 Å². The third-order valence-corrected chi connectivity index (χ3v) is 6.34. The first kappa shape index (κ1) is 15.0. The van der Waals surface area contributed by atoms with E-state index in [1.54, 1.807) is 0 Å². The minimum Gasteiger partial charge on any atom is -0.316 e. The second-order valence-corrected chi connectivity index (χ2v) is 7.61. The van der Waals surface area contributed by atoms with E-state index in [1.807, 2.05) is 14.0 Å². The molecule has 1 aliphatic carbocycles. The molecule has 102 valence electrons. The Morgan fingerprint density at radius 3 is 2.41 bits per heavy atom. The zero-order valence-corrected chi connectivity index (χ0v) is 12.2. The van der Waals surface area contributed by atoms with Gasteiger partial charge in [0.05, 0.1) is 11.0 Å². The molecule has 3 atom stereocenters. The van der Waals surface area contributed by atoms with Gasteiger partial charge in [0, 0.05) is 6.04 Å². The normalized spacial score (nSPS) is 30.4. The van der Waals surface area contributed by atoms with Gasteiger partial charge in [-0.2, -0.15) is 0 Å². The third-order valence-electron chi connectivity index (χ3n) is 3.92. The summed E-state index contributed by atoms with van der Waals surface area (Å²) in [5, 5.41) is 3.05. The van der Waals surface area contributed by atoms with E-state index < -0.39 is 9.84 Å². The van der Waals surface area contributed by atoms with Crippen molar-refractivity contribution in [2.45, 2.75) is 63.7 Å². The first-order valence-electron chi connectivity index (χ1n) is 6.94. The largest absolute Gasteiger partial charge is 0.316 e. The zero-order valence-electron chi connectivity index (χ0n) is 11.4. The Kier molecular flexibility index (Phi) is 5.93. The van der Waals surface area contributed by atoms with Gasteiger partial charge in [-0.3, -0.25) is 0 Å². The van der Waals surface area contributed by atoms with Crippen molar-refractivity contribution in [3.8, 4) is 0 Å². The fourth-order valence-corrected chi connectivity index (χ4v) is 5.26. The lowest BCUT2D eigenvalue weighted by Gasteiger charge is -2.35. The van der Waals surface area contributed by atoms with E-state index in [2.05, 4.69) is 12.2 Å². The molecule has 1 aliphatic rings. The van der Waals surface area contributed by atoms with Gasteiger partial charge in [0.15, 0.2) is 9.84 Å². The molecule has 0 radical (unpaired) electrons. The van der Waals surface area contributed by atoms with E-state index in [0.29, 0.717) is 11.7 Å². The number of rotatable bonds is 6. The molecule has 1 fully saturated rings. The third kappa shape index (κ3) is 3.95. The van der Waals surface area contributed by atoms with Crippen LogP contribution in [0.4, 0.5) is 0 Å². The summed E-state index contributed by atoms with van der Waals surface area (Å²) in [5.74, 6) is 0.954. The smallest absolute Gasteiger partial charge is 0.154 e. The van der Waals surface area contributed by atoms with Crippen LogP contribution >= 0.6 is 0 Å². The fourth-order valence-electron chi connectivity index (χ4n) is 3.05. The Morgan fingerprint density at radius 2 is 1.88 bits per heavy atom. The summed E-state index contributed by atoms with van der Waals surface area (Å²) in [6.45, 7) is 4.12. The van der Waals surface area contributed by atoms with Crippen LogP contribution in [0.1, 0.15) is 52.4 Å². The Morgan fingerprint density at radius 1 is 1.18 bits per heavy atom. The van der Waals surface area contributed by atoms with E-state index in [0.717, 1.165) is 25.7 Å². The second-order valence-electron chi connectivity index (χ2n) is 5.27. The predicted octanol–water partition coefficient (Wildman–Crippen LogP) is 2.37. The van der Waals surface area contributed by atoms with Gasteiger partial charge in [0.2, 0.25) is 0 Å². The molecule has 1 N–H and O–H groups in total. The average Bonchev–Trinajstić information content (AvgIpc) is 2.29. The molecular weight excluding hydrogens is 234 g/mol. The topological polar surface area (TPSA) is 46.2 Å². The van der Waals surface area contributed by atoms with Crippen molar-refractivity contribution in [1.29, 1.82) is 0 Å². The Bertz CT molecular complexity index is 313. The van der Waals surface area contributed by atoms with Gasteiger partial charge in [-0.05, 0) is 38.6 Å². The van der Waals surface area contributed by atoms with Crippen LogP contribution in [-0.4, -0.2) is 32.5 Å². The van der Waals surface area contributed by atoms with Gasteiger partial charge in [-0.25, -0.2) is 8.42 Å². The quantitative estimate of drug-likeness (QED) is 0.798. The monoisotopic (exact) mass is 261 g/mol. The lowest BCUT2D eigenvalue weighted by atomic mass is 9.83. The van der Waals surface area contributed by atoms with E-state index >= 15 is 0 Å². The highest BCUT2D eigenvalue weighted by Crippen LogP contribution is 2.32. The molecule has 1 rings (SSSR count). The van der Waals surface area contributed by atoms with Crippen molar-refractivity contribution in [3.63, 3.8) is 0 Å². The minimum absolute atomic E-state index is 0.155. The zero-order chi connectivity index (χ0) is 12.9. The van der Waals surface area contributed by atoms with E-state index in [-0.39, 0.29) is 11.3 Å². The number of hydrogen-bond acceptors (Lipinski definition) is 3. The summed E-state index contributed by atoms with van der Waals surface area (Å²) in [5.41, 5.74) is 0. The van der Waals surface area contributed by atoms with Gasteiger partial charge in [0.25, 0.3) is 0 Å². The van der Waals surface area contributed by atoms with Crippen molar-refractivity contribution in [3.05, 3.63) is 0 Å². The molecule has 4 heteroatoms. The first-order chi connectivity index (χ1) is 8.05. The predicted molar refractivity (Wildman–Crippen MR) is 73.0 cm³/mol. The second kappa shape index (κ2) is 6.74. The number of hydrogen-bond donors (Lipinski definition) is 1. The number of nitrogens with one attached hydrogen (secondary N) is 1. The molecule has 3 nitrogen and oxygen atoms in total.